The van der Waals surface area contributed by atoms with E-state index < -0.39 is 4.92 Å². The van der Waals surface area contributed by atoms with Crippen molar-refractivity contribution in [3.63, 3.8) is 0 Å². The summed E-state index contributed by atoms with van der Waals surface area (Å²) in [7, 11) is 0. The van der Waals surface area contributed by atoms with Gasteiger partial charge < -0.3 is 4.74 Å². The number of hydrogen-bond donors (Lipinski definition) is 0. The summed E-state index contributed by atoms with van der Waals surface area (Å²) in [4.78, 5) is 22.1. The lowest BCUT2D eigenvalue weighted by atomic mass is 10.0. The van der Waals surface area contributed by atoms with Crippen molar-refractivity contribution in [2.45, 2.75) is 39.7 Å². The van der Waals surface area contributed by atoms with Gasteiger partial charge in [0.05, 0.1) is 4.92 Å². The standard InChI is InChI=1S/C19H21NO4/c1-4-18(21)15-7-5-14(6-8-15)12-24-19-10-9-16(20(22)23)11-17(19)13(2)3/h5-11,13H,4,12H2,1-3H3. The smallest absolute Gasteiger partial charge is 0.269 e. The molecule has 0 aliphatic heterocycles. The van der Waals surface area contributed by atoms with E-state index in [1.807, 2.05) is 32.9 Å². The fourth-order valence-electron chi connectivity index (χ4n) is 2.38. The van der Waals surface area contributed by atoms with Crippen LogP contribution in [0.1, 0.15) is 54.6 Å². The van der Waals surface area contributed by atoms with Crippen LogP contribution >= 0.6 is 0 Å². The minimum Gasteiger partial charge on any atom is -0.489 e. The first-order chi connectivity index (χ1) is 11.4. The van der Waals surface area contributed by atoms with Gasteiger partial charge >= 0.3 is 0 Å². The maximum absolute atomic E-state index is 11.6. The fourth-order valence-corrected chi connectivity index (χ4v) is 2.38. The molecule has 2 rings (SSSR count). The highest BCUT2D eigenvalue weighted by atomic mass is 16.6. The summed E-state index contributed by atoms with van der Waals surface area (Å²) in [6.45, 7) is 6.12. The summed E-state index contributed by atoms with van der Waals surface area (Å²) in [5.74, 6) is 0.869. The van der Waals surface area contributed by atoms with Crippen molar-refractivity contribution < 1.29 is 14.5 Å². The normalized spacial score (nSPS) is 10.7. The van der Waals surface area contributed by atoms with Crippen molar-refractivity contribution in [2.75, 3.05) is 0 Å². The number of benzene rings is 2. The molecule has 24 heavy (non-hydrogen) atoms. The van der Waals surface area contributed by atoms with Crippen LogP contribution in [-0.4, -0.2) is 10.7 Å². The zero-order chi connectivity index (χ0) is 17.7. The van der Waals surface area contributed by atoms with Crippen LogP contribution in [0.3, 0.4) is 0 Å². The molecule has 2 aromatic rings. The van der Waals surface area contributed by atoms with Crippen molar-refractivity contribution in [1.29, 1.82) is 0 Å². The van der Waals surface area contributed by atoms with Crippen LogP contribution < -0.4 is 4.74 Å². The molecule has 0 saturated carbocycles. The molecule has 0 saturated heterocycles. The monoisotopic (exact) mass is 327 g/mol. The van der Waals surface area contributed by atoms with E-state index in [4.69, 9.17) is 4.74 Å². The molecule has 0 amide bonds. The number of nitrogens with zero attached hydrogens (tertiary/aromatic N) is 1. The van der Waals surface area contributed by atoms with E-state index in [9.17, 15) is 14.9 Å². The maximum atomic E-state index is 11.6. The maximum Gasteiger partial charge on any atom is 0.269 e. The van der Waals surface area contributed by atoms with Crippen LogP contribution in [0.2, 0.25) is 0 Å². The summed E-state index contributed by atoms with van der Waals surface area (Å²) in [6, 6.07) is 12.0. The number of non-ortho nitro benzene ring substituents is 1. The molecule has 0 N–H and O–H groups in total. The van der Waals surface area contributed by atoms with Crippen LogP contribution in [0.25, 0.3) is 0 Å². The van der Waals surface area contributed by atoms with Gasteiger partial charge in [-0.1, -0.05) is 45.0 Å². The number of rotatable bonds is 7. The van der Waals surface area contributed by atoms with Gasteiger partial charge in [0.25, 0.3) is 5.69 Å². The SMILES string of the molecule is CCC(=O)c1ccc(COc2ccc([N+](=O)[O-])cc2C(C)C)cc1. The van der Waals surface area contributed by atoms with Gasteiger partial charge in [-0.15, -0.1) is 0 Å². The van der Waals surface area contributed by atoms with E-state index >= 15 is 0 Å². The number of carbonyl (C=O) groups excluding carboxylic acids is 1. The quantitative estimate of drug-likeness (QED) is 0.412. The van der Waals surface area contributed by atoms with Gasteiger partial charge in [0.2, 0.25) is 0 Å². The molecule has 0 heterocycles. The first-order valence-corrected chi connectivity index (χ1v) is 7.95. The van der Waals surface area contributed by atoms with Crippen LogP contribution in [0, 0.1) is 10.1 Å². The Balaban J connectivity index is 2.14. The minimum atomic E-state index is -0.404. The first kappa shape index (κ1) is 17.7. The number of ketones is 1. The molecular weight excluding hydrogens is 306 g/mol. The second-order valence-electron chi connectivity index (χ2n) is 5.90. The van der Waals surface area contributed by atoms with Gasteiger partial charge in [-0.05, 0) is 17.5 Å². The third kappa shape index (κ3) is 4.19. The Morgan fingerprint density at radius 2 is 1.83 bits per heavy atom. The molecule has 0 aliphatic rings. The lowest BCUT2D eigenvalue weighted by molar-refractivity contribution is -0.385. The van der Waals surface area contributed by atoms with E-state index in [1.165, 1.54) is 6.07 Å². The molecule has 0 atom stereocenters. The van der Waals surface area contributed by atoms with Crippen LogP contribution in [0.4, 0.5) is 5.69 Å². The highest BCUT2D eigenvalue weighted by Crippen LogP contribution is 2.30. The van der Waals surface area contributed by atoms with Crippen LogP contribution in [0.15, 0.2) is 42.5 Å². The van der Waals surface area contributed by atoms with Crippen LogP contribution in [-0.2, 0) is 6.61 Å². The molecule has 126 valence electrons. The van der Waals surface area contributed by atoms with Gasteiger partial charge in [0, 0.05) is 29.7 Å². The number of hydrogen-bond acceptors (Lipinski definition) is 4. The minimum absolute atomic E-state index is 0.0634. The Morgan fingerprint density at radius 1 is 1.17 bits per heavy atom. The molecule has 0 spiro atoms. The molecule has 0 aromatic heterocycles. The van der Waals surface area contributed by atoms with E-state index in [2.05, 4.69) is 0 Å². The second-order valence-corrected chi connectivity index (χ2v) is 5.90. The number of nitro benzene ring substituents is 1. The average Bonchev–Trinajstić information content (AvgIpc) is 2.59. The van der Waals surface area contributed by atoms with Gasteiger partial charge in [-0.3, -0.25) is 14.9 Å². The lowest BCUT2D eigenvalue weighted by Gasteiger charge is -2.14. The third-order valence-corrected chi connectivity index (χ3v) is 3.82. The van der Waals surface area contributed by atoms with Crippen molar-refractivity contribution in [2.24, 2.45) is 0 Å². The number of nitro groups is 1. The molecule has 5 nitrogen and oxygen atoms in total. The van der Waals surface area contributed by atoms with E-state index in [0.717, 1.165) is 11.1 Å². The van der Waals surface area contributed by atoms with Crippen molar-refractivity contribution in [3.8, 4) is 5.75 Å². The zero-order valence-corrected chi connectivity index (χ0v) is 14.1. The summed E-state index contributed by atoms with van der Waals surface area (Å²) in [6.07, 6.45) is 0.483. The van der Waals surface area contributed by atoms with E-state index in [1.54, 1.807) is 24.3 Å². The van der Waals surface area contributed by atoms with Crippen molar-refractivity contribution in [1.82, 2.24) is 0 Å². The summed E-state index contributed by atoms with van der Waals surface area (Å²) in [5, 5.41) is 10.9. The fraction of sp³-hybridized carbons (Fsp3) is 0.316. The van der Waals surface area contributed by atoms with Gasteiger partial charge in [-0.25, -0.2) is 0 Å². The molecule has 0 unspecified atom stereocenters. The average molecular weight is 327 g/mol. The lowest BCUT2D eigenvalue weighted by Crippen LogP contribution is -2.02. The third-order valence-electron chi connectivity index (χ3n) is 3.82. The Hall–Kier alpha value is -2.69. The van der Waals surface area contributed by atoms with Crippen LogP contribution in [0.5, 0.6) is 5.75 Å². The molecule has 0 radical (unpaired) electrons. The van der Waals surface area contributed by atoms with E-state index in [0.29, 0.717) is 24.3 Å². The van der Waals surface area contributed by atoms with Gasteiger partial charge in [0.15, 0.2) is 5.78 Å². The highest BCUT2D eigenvalue weighted by molar-refractivity contribution is 5.95. The molecule has 0 fully saturated rings. The highest BCUT2D eigenvalue weighted by Gasteiger charge is 2.14. The van der Waals surface area contributed by atoms with Crippen molar-refractivity contribution >= 4 is 11.5 Å². The predicted octanol–water partition coefficient (Wildman–Crippen LogP) is 4.89. The molecular formula is C19H21NO4. The molecule has 2 aromatic carbocycles. The predicted molar refractivity (Wildman–Crippen MR) is 92.6 cm³/mol. The van der Waals surface area contributed by atoms with Crippen molar-refractivity contribution in [3.05, 3.63) is 69.3 Å². The molecule has 0 aliphatic carbocycles. The first-order valence-electron chi connectivity index (χ1n) is 7.95. The Morgan fingerprint density at radius 3 is 2.38 bits per heavy atom. The Labute approximate surface area is 141 Å². The summed E-state index contributed by atoms with van der Waals surface area (Å²) < 4.78 is 5.84. The van der Waals surface area contributed by atoms with Gasteiger partial charge in [0.1, 0.15) is 12.4 Å². The zero-order valence-electron chi connectivity index (χ0n) is 14.1. The van der Waals surface area contributed by atoms with E-state index in [-0.39, 0.29) is 17.4 Å². The number of ether oxygens (including phenoxy) is 1. The molecule has 0 bridgehead atoms. The summed E-state index contributed by atoms with van der Waals surface area (Å²) in [5.41, 5.74) is 2.51. The Kier molecular flexibility index (Phi) is 5.68. The Bertz CT molecular complexity index is 736. The number of Topliss-reactive ketones (excluding diaryl/α,β-unsaturated/α-hetero) is 1. The second kappa shape index (κ2) is 7.73. The molecule has 5 heteroatoms. The topological polar surface area (TPSA) is 69.4 Å². The largest absolute Gasteiger partial charge is 0.489 e. The summed E-state index contributed by atoms with van der Waals surface area (Å²) >= 11 is 0. The van der Waals surface area contributed by atoms with Gasteiger partial charge in [-0.2, -0.15) is 0 Å². The number of carbonyl (C=O) groups is 1.